The molecule has 4 nitrogen and oxygen atoms in total. The van der Waals surface area contributed by atoms with Crippen LogP contribution in [0.15, 0.2) is 41.3 Å². The molecule has 0 radical (unpaired) electrons. The van der Waals surface area contributed by atoms with Gasteiger partial charge in [-0.15, -0.1) is 4.73 Å². The fourth-order valence-corrected chi connectivity index (χ4v) is 1.95. The topological polar surface area (TPSA) is 57.2 Å². The Morgan fingerprint density at radius 2 is 2.20 bits per heavy atom. The van der Waals surface area contributed by atoms with E-state index in [4.69, 9.17) is 22.2 Å². The molecule has 20 heavy (non-hydrogen) atoms. The van der Waals surface area contributed by atoms with Crippen LogP contribution in [0.4, 0.5) is 4.39 Å². The Hall–Kier alpha value is -1.85. The van der Waals surface area contributed by atoms with Crippen LogP contribution in [-0.4, -0.2) is 4.73 Å². The lowest BCUT2D eigenvalue weighted by atomic mass is 10.1. The number of rotatable bonds is 4. The van der Waals surface area contributed by atoms with Gasteiger partial charge in [-0.25, -0.2) is 4.39 Å². The standard InChI is InChI=1S/C14H14ClFN2O2/c1-2-12(17)9-7-10(15)14(11(16)8-9)20-18-6-4-3-5-13(18)19/h3-8,12H,2,17H2,1H3/t12-/m1/s1. The molecule has 106 valence electrons. The van der Waals surface area contributed by atoms with Crippen LogP contribution in [0.1, 0.15) is 24.9 Å². The third-order valence-electron chi connectivity index (χ3n) is 2.87. The van der Waals surface area contributed by atoms with Gasteiger partial charge in [0.15, 0.2) is 5.82 Å². The van der Waals surface area contributed by atoms with E-state index >= 15 is 0 Å². The fraction of sp³-hybridized carbons (Fsp3) is 0.214. The molecule has 0 amide bonds. The minimum absolute atomic E-state index is 0.0691. The van der Waals surface area contributed by atoms with Crippen molar-refractivity contribution >= 4 is 11.6 Å². The van der Waals surface area contributed by atoms with E-state index in [-0.39, 0.29) is 16.8 Å². The van der Waals surface area contributed by atoms with Crippen molar-refractivity contribution in [2.45, 2.75) is 19.4 Å². The third kappa shape index (κ3) is 3.00. The Labute approximate surface area is 120 Å². The molecule has 0 aliphatic carbocycles. The molecule has 0 bridgehead atoms. The first-order valence-corrected chi connectivity index (χ1v) is 6.51. The second kappa shape index (κ2) is 6.07. The molecule has 1 heterocycles. The Morgan fingerprint density at radius 1 is 1.45 bits per heavy atom. The van der Waals surface area contributed by atoms with Gasteiger partial charge in [0.25, 0.3) is 5.56 Å². The summed E-state index contributed by atoms with van der Waals surface area (Å²) in [4.78, 5) is 16.7. The molecule has 0 spiro atoms. The molecule has 6 heteroatoms. The lowest BCUT2D eigenvalue weighted by Crippen LogP contribution is -2.22. The van der Waals surface area contributed by atoms with Crippen molar-refractivity contribution < 1.29 is 9.23 Å². The summed E-state index contributed by atoms with van der Waals surface area (Å²) in [6, 6.07) is 6.96. The summed E-state index contributed by atoms with van der Waals surface area (Å²) < 4.78 is 15.0. The van der Waals surface area contributed by atoms with Gasteiger partial charge in [-0.2, -0.15) is 0 Å². The highest BCUT2D eigenvalue weighted by Gasteiger charge is 2.15. The van der Waals surface area contributed by atoms with E-state index in [0.29, 0.717) is 12.0 Å². The molecule has 0 fully saturated rings. The lowest BCUT2D eigenvalue weighted by Gasteiger charge is -2.14. The number of halogens is 2. The van der Waals surface area contributed by atoms with Crippen molar-refractivity contribution in [3.05, 3.63) is 63.3 Å². The van der Waals surface area contributed by atoms with Crippen molar-refractivity contribution in [2.24, 2.45) is 5.73 Å². The van der Waals surface area contributed by atoms with Crippen LogP contribution >= 0.6 is 11.6 Å². The Balaban J connectivity index is 2.39. The number of aromatic nitrogens is 1. The number of nitrogens with two attached hydrogens (primary N) is 1. The maximum absolute atomic E-state index is 14.0. The maximum atomic E-state index is 14.0. The summed E-state index contributed by atoms with van der Waals surface area (Å²) in [6.45, 7) is 1.89. The van der Waals surface area contributed by atoms with E-state index in [2.05, 4.69) is 0 Å². The number of pyridine rings is 1. The molecule has 2 N–H and O–H groups in total. The predicted octanol–water partition coefficient (Wildman–Crippen LogP) is 2.89. The average Bonchev–Trinajstić information content (AvgIpc) is 2.43. The molecule has 1 aromatic carbocycles. The van der Waals surface area contributed by atoms with Crippen LogP contribution < -0.4 is 16.1 Å². The van der Waals surface area contributed by atoms with Gasteiger partial charge in [0, 0.05) is 18.3 Å². The largest absolute Gasteiger partial charge is 0.367 e. The minimum atomic E-state index is -0.660. The average molecular weight is 297 g/mol. The molecule has 0 saturated heterocycles. The molecule has 0 aliphatic heterocycles. The quantitative estimate of drug-likeness (QED) is 0.944. The van der Waals surface area contributed by atoms with Crippen LogP contribution in [0.3, 0.4) is 0 Å². The van der Waals surface area contributed by atoms with Gasteiger partial charge in [-0.05, 0) is 30.2 Å². The fourth-order valence-electron chi connectivity index (χ4n) is 1.70. The zero-order chi connectivity index (χ0) is 14.7. The van der Waals surface area contributed by atoms with Crippen molar-refractivity contribution in [3.63, 3.8) is 0 Å². The van der Waals surface area contributed by atoms with Gasteiger partial charge in [-0.3, -0.25) is 4.79 Å². The normalized spacial score (nSPS) is 12.2. The van der Waals surface area contributed by atoms with Gasteiger partial charge >= 0.3 is 0 Å². The summed E-state index contributed by atoms with van der Waals surface area (Å²) in [5, 5.41) is 0.0691. The summed E-state index contributed by atoms with van der Waals surface area (Å²) in [6.07, 6.45) is 2.04. The SMILES string of the molecule is CC[C@@H](N)c1cc(F)c(On2ccccc2=O)c(Cl)c1. The summed E-state index contributed by atoms with van der Waals surface area (Å²) in [5.41, 5.74) is 6.00. The summed E-state index contributed by atoms with van der Waals surface area (Å²) in [7, 11) is 0. The lowest BCUT2D eigenvalue weighted by molar-refractivity contribution is 0.194. The van der Waals surface area contributed by atoms with Gasteiger partial charge < -0.3 is 10.6 Å². The molecular weight excluding hydrogens is 283 g/mol. The number of hydrogen-bond acceptors (Lipinski definition) is 3. The molecule has 2 aromatic rings. The highest BCUT2D eigenvalue weighted by atomic mass is 35.5. The van der Waals surface area contributed by atoms with Crippen LogP contribution in [0.2, 0.25) is 5.02 Å². The highest BCUT2D eigenvalue weighted by molar-refractivity contribution is 6.32. The van der Waals surface area contributed by atoms with Crippen molar-refractivity contribution in [1.82, 2.24) is 4.73 Å². The maximum Gasteiger partial charge on any atom is 0.283 e. The zero-order valence-electron chi connectivity index (χ0n) is 10.8. The first kappa shape index (κ1) is 14.6. The Bertz CT molecular complexity index is 649. The summed E-state index contributed by atoms with van der Waals surface area (Å²) >= 11 is 6.00. The van der Waals surface area contributed by atoms with Gasteiger partial charge in [-0.1, -0.05) is 24.6 Å². The molecule has 1 aromatic heterocycles. The van der Waals surface area contributed by atoms with Crippen molar-refractivity contribution in [1.29, 1.82) is 0 Å². The molecule has 2 rings (SSSR count). The van der Waals surface area contributed by atoms with Crippen LogP contribution in [0, 0.1) is 5.82 Å². The van der Waals surface area contributed by atoms with Crippen molar-refractivity contribution in [3.8, 4) is 5.75 Å². The molecule has 1 atom stereocenters. The highest BCUT2D eigenvalue weighted by Crippen LogP contribution is 2.31. The third-order valence-corrected chi connectivity index (χ3v) is 3.15. The van der Waals surface area contributed by atoms with Gasteiger partial charge in [0.2, 0.25) is 5.75 Å². The smallest absolute Gasteiger partial charge is 0.283 e. The molecule has 0 unspecified atom stereocenters. The minimum Gasteiger partial charge on any atom is -0.367 e. The number of benzene rings is 1. The van der Waals surface area contributed by atoms with Gasteiger partial charge in [0.05, 0.1) is 5.02 Å². The monoisotopic (exact) mass is 296 g/mol. The van der Waals surface area contributed by atoms with Crippen LogP contribution in [0.5, 0.6) is 5.75 Å². The molecular formula is C14H14ClFN2O2. The van der Waals surface area contributed by atoms with Gasteiger partial charge in [0.1, 0.15) is 0 Å². The second-order valence-corrected chi connectivity index (χ2v) is 4.69. The zero-order valence-corrected chi connectivity index (χ0v) is 11.6. The van der Waals surface area contributed by atoms with E-state index in [0.717, 1.165) is 4.73 Å². The Kier molecular flexibility index (Phi) is 4.42. The van der Waals surface area contributed by atoms with Crippen molar-refractivity contribution in [2.75, 3.05) is 0 Å². The molecule has 0 aliphatic rings. The number of nitrogens with zero attached hydrogens (tertiary/aromatic N) is 1. The molecule has 0 saturated carbocycles. The predicted molar refractivity (Wildman–Crippen MR) is 75.4 cm³/mol. The van der Waals surface area contributed by atoms with E-state index in [9.17, 15) is 9.18 Å². The van der Waals surface area contributed by atoms with Crippen LogP contribution in [-0.2, 0) is 0 Å². The second-order valence-electron chi connectivity index (χ2n) is 4.28. The number of hydrogen-bond donors (Lipinski definition) is 1. The summed E-state index contributed by atoms with van der Waals surface area (Å²) in [5.74, 6) is -0.862. The Morgan fingerprint density at radius 3 is 2.80 bits per heavy atom. The van der Waals surface area contributed by atoms with Crippen LogP contribution in [0.25, 0.3) is 0 Å². The van der Waals surface area contributed by atoms with E-state index < -0.39 is 11.4 Å². The van der Waals surface area contributed by atoms with E-state index in [1.807, 2.05) is 6.92 Å². The first-order valence-electron chi connectivity index (χ1n) is 6.13. The first-order chi connectivity index (χ1) is 9.52. The van der Waals surface area contributed by atoms with E-state index in [1.165, 1.54) is 18.3 Å². The van der Waals surface area contributed by atoms with E-state index in [1.54, 1.807) is 18.2 Å².